The van der Waals surface area contributed by atoms with Gasteiger partial charge in [-0.25, -0.2) is 0 Å². The van der Waals surface area contributed by atoms with Crippen LogP contribution >= 0.6 is 0 Å². The lowest BCUT2D eigenvalue weighted by Gasteiger charge is -2.39. The predicted molar refractivity (Wildman–Crippen MR) is 175 cm³/mol. The molecule has 6 aliphatic carbocycles. The lowest BCUT2D eigenvalue weighted by molar-refractivity contribution is -0.165. The summed E-state index contributed by atoms with van der Waals surface area (Å²) in [6, 6.07) is 0. The van der Waals surface area contributed by atoms with E-state index in [0.717, 1.165) is 54.8 Å². The van der Waals surface area contributed by atoms with E-state index in [1.807, 2.05) is 34.6 Å². The topological polar surface area (TPSA) is 112 Å². The molecule has 6 fully saturated rings. The molecule has 6 aliphatic rings. The maximum atomic E-state index is 12.4. The van der Waals surface area contributed by atoms with E-state index in [1.54, 1.807) is 14.2 Å². The highest BCUT2D eigenvalue weighted by Crippen LogP contribution is 2.67. The van der Waals surface area contributed by atoms with Crippen molar-refractivity contribution in [2.45, 2.75) is 124 Å². The summed E-state index contributed by atoms with van der Waals surface area (Å²) in [4.78, 5) is 24.3. The first-order valence-electron chi connectivity index (χ1n) is 18.0. The minimum Gasteiger partial charge on any atom is -0.462 e. The number of esters is 2. The highest BCUT2D eigenvalue weighted by atomic mass is 16.6. The standard InChI is InChI=1S/C18H28O2.C13H22O2.2C3H8O2/c1-4-18(2,3)17(19)20-14-9-12-8-13(14)16-11-6-5-10(7-11)15(12)16;1-4-13(2,3)12(14)15-11-8-9-5-6-10(11)7-9;2*1-5-3-2-4/h10-16H,4-9H2,1-3H3;9-11H,4-8H2,1-3H3;2*4H,2-3H2,1H3. The predicted octanol–water partition coefficient (Wildman–Crippen LogP) is 6.44. The average molecular weight is 639 g/mol. The molecule has 6 saturated carbocycles. The fraction of sp³-hybridized carbons (Fsp3) is 0.946. The largest absolute Gasteiger partial charge is 0.462 e. The second-order valence-corrected chi connectivity index (χ2v) is 15.9. The summed E-state index contributed by atoms with van der Waals surface area (Å²) < 4.78 is 20.5. The van der Waals surface area contributed by atoms with Crippen LogP contribution in [0.25, 0.3) is 0 Å². The van der Waals surface area contributed by atoms with Gasteiger partial charge in [-0.05, 0) is 146 Å². The van der Waals surface area contributed by atoms with E-state index in [4.69, 9.17) is 19.7 Å². The van der Waals surface area contributed by atoms with Crippen molar-refractivity contribution in [2.24, 2.45) is 58.2 Å². The van der Waals surface area contributed by atoms with Crippen molar-refractivity contribution in [2.75, 3.05) is 40.6 Å². The first-order valence-corrected chi connectivity index (χ1v) is 18.0. The van der Waals surface area contributed by atoms with Gasteiger partial charge in [0.25, 0.3) is 0 Å². The molecule has 0 heterocycles. The van der Waals surface area contributed by atoms with E-state index in [2.05, 4.69) is 16.4 Å². The molecule has 6 bridgehead atoms. The van der Waals surface area contributed by atoms with Crippen molar-refractivity contribution in [1.29, 1.82) is 0 Å². The Balaban J connectivity index is 0.000000194. The van der Waals surface area contributed by atoms with Crippen LogP contribution in [-0.2, 0) is 28.5 Å². The zero-order valence-corrected chi connectivity index (χ0v) is 29.7. The molecule has 8 nitrogen and oxygen atoms in total. The van der Waals surface area contributed by atoms with Gasteiger partial charge in [-0.1, -0.05) is 13.8 Å². The Kier molecular flexibility index (Phi) is 14.7. The zero-order valence-electron chi connectivity index (χ0n) is 29.7. The molecule has 0 aromatic heterocycles. The van der Waals surface area contributed by atoms with Gasteiger partial charge in [0.1, 0.15) is 12.2 Å². The smallest absolute Gasteiger partial charge is 0.311 e. The fourth-order valence-electron chi connectivity index (χ4n) is 9.04. The summed E-state index contributed by atoms with van der Waals surface area (Å²) in [5, 5.41) is 15.9. The van der Waals surface area contributed by atoms with Crippen LogP contribution in [-0.4, -0.2) is 75.0 Å². The SMILES string of the molecule is CCC(C)(C)C(=O)OC1CC2CC1C1C3CCC(C3)C21.CCC(C)(C)C(=O)OC1CC2CCC1C2.COCCO.COCCO. The molecule has 0 radical (unpaired) electrons. The van der Waals surface area contributed by atoms with Gasteiger partial charge in [0, 0.05) is 14.2 Å². The van der Waals surface area contributed by atoms with Crippen molar-refractivity contribution in [1.82, 2.24) is 0 Å². The third-order valence-electron chi connectivity index (χ3n) is 12.3. The minimum atomic E-state index is -0.310. The average Bonchev–Trinajstić information content (AvgIpc) is 3.87. The van der Waals surface area contributed by atoms with E-state index in [9.17, 15) is 9.59 Å². The second kappa shape index (κ2) is 17.3. The van der Waals surface area contributed by atoms with E-state index in [-0.39, 0.29) is 48.2 Å². The summed E-state index contributed by atoms with van der Waals surface area (Å²) in [7, 11) is 3.10. The zero-order chi connectivity index (χ0) is 33.4. The van der Waals surface area contributed by atoms with Crippen molar-refractivity contribution >= 4 is 11.9 Å². The highest BCUT2D eigenvalue weighted by molar-refractivity contribution is 5.76. The van der Waals surface area contributed by atoms with Crippen LogP contribution in [0.4, 0.5) is 0 Å². The molecule has 10 atom stereocenters. The lowest BCUT2D eigenvalue weighted by atomic mass is 9.70. The van der Waals surface area contributed by atoms with Crippen LogP contribution in [0.2, 0.25) is 0 Å². The fourth-order valence-corrected chi connectivity index (χ4v) is 9.04. The molecule has 0 spiro atoms. The third kappa shape index (κ3) is 9.45. The minimum absolute atomic E-state index is 0.00236. The van der Waals surface area contributed by atoms with Crippen molar-refractivity contribution in [3.05, 3.63) is 0 Å². The Morgan fingerprint density at radius 1 is 0.622 bits per heavy atom. The number of aliphatic hydroxyl groups is 2. The molecule has 8 heteroatoms. The van der Waals surface area contributed by atoms with Gasteiger partial charge in [0.15, 0.2) is 0 Å². The summed E-state index contributed by atoms with van der Waals surface area (Å²) in [5.41, 5.74) is -0.613. The lowest BCUT2D eigenvalue weighted by Crippen LogP contribution is -2.39. The normalized spacial score (nSPS) is 35.0. The van der Waals surface area contributed by atoms with Gasteiger partial charge in [-0.2, -0.15) is 0 Å². The van der Waals surface area contributed by atoms with Crippen LogP contribution in [0.15, 0.2) is 0 Å². The molecular formula is C37H66O8. The van der Waals surface area contributed by atoms with Crippen LogP contribution < -0.4 is 0 Å². The first kappa shape index (κ1) is 38.2. The molecule has 262 valence electrons. The van der Waals surface area contributed by atoms with Crippen LogP contribution in [0, 0.1) is 58.2 Å². The van der Waals surface area contributed by atoms with Gasteiger partial charge in [-0.3, -0.25) is 9.59 Å². The summed E-state index contributed by atoms with van der Waals surface area (Å²) in [5.74, 6) is 7.07. The molecule has 0 aromatic rings. The second-order valence-electron chi connectivity index (χ2n) is 15.9. The Morgan fingerprint density at radius 3 is 1.56 bits per heavy atom. The molecule has 0 saturated heterocycles. The van der Waals surface area contributed by atoms with Crippen LogP contribution in [0.3, 0.4) is 0 Å². The Bertz CT molecular complexity index is 908. The van der Waals surface area contributed by atoms with Crippen molar-refractivity contribution in [3.8, 4) is 0 Å². The summed E-state index contributed by atoms with van der Waals surface area (Å²) >= 11 is 0. The maximum Gasteiger partial charge on any atom is 0.311 e. The Morgan fingerprint density at radius 2 is 1.13 bits per heavy atom. The number of carbonyl (C=O) groups excluding carboxylic acids is 2. The molecular weight excluding hydrogens is 572 g/mol. The number of methoxy groups -OCH3 is 2. The molecule has 10 unspecified atom stereocenters. The van der Waals surface area contributed by atoms with Gasteiger partial charge in [-0.15, -0.1) is 0 Å². The van der Waals surface area contributed by atoms with Gasteiger partial charge < -0.3 is 29.2 Å². The van der Waals surface area contributed by atoms with E-state index < -0.39 is 0 Å². The van der Waals surface area contributed by atoms with Crippen molar-refractivity contribution < 1.29 is 38.7 Å². The number of hydrogen-bond donors (Lipinski definition) is 2. The Labute approximate surface area is 273 Å². The first-order chi connectivity index (χ1) is 21.4. The van der Waals surface area contributed by atoms with E-state index in [0.29, 0.717) is 25.0 Å². The monoisotopic (exact) mass is 638 g/mol. The van der Waals surface area contributed by atoms with Crippen LogP contribution in [0.1, 0.15) is 112 Å². The molecule has 0 aromatic carbocycles. The number of aliphatic hydroxyl groups excluding tert-OH is 2. The number of fused-ring (bicyclic) bond motifs is 11. The molecule has 45 heavy (non-hydrogen) atoms. The summed E-state index contributed by atoms with van der Waals surface area (Å²) in [6.45, 7) is 13.2. The van der Waals surface area contributed by atoms with Gasteiger partial charge in [0.05, 0.1) is 37.3 Å². The number of hydrogen-bond acceptors (Lipinski definition) is 8. The summed E-state index contributed by atoms with van der Waals surface area (Å²) in [6.07, 6.45) is 14.2. The Hall–Kier alpha value is -1.22. The number of rotatable bonds is 10. The van der Waals surface area contributed by atoms with E-state index >= 15 is 0 Å². The van der Waals surface area contributed by atoms with Crippen molar-refractivity contribution in [3.63, 3.8) is 0 Å². The molecule has 2 N–H and O–H groups in total. The number of ether oxygens (including phenoxy) is 4. The quantitative estimate of drug-likeness (QED) is 0.208. The number of carbonyl (C=O) groups is 2. The molecule has 0 aliphatic heterocycles. The third-order valence-corrected chi connectivity index (χ3v) is 12.3. The molecule has 6 rings (SSSR count). The maximum absolute atomic E-state index is 12.4. The van der Waals surface area contributed by atoms with Gasteiger partial charge >= 0.3 is 11.9 Å². The van der Waals surface area contributed by atoms with Crippen LogP contribution in [0.5, 0.6) is 0 Å². The molecule has 0 amide bonds. The highest BCUT2D eigenvalue weighted by Gasteiger charge is 2.63. The van der Waals surface area contributed by atoms with E-state index in [1.165, 1.54) is 51.4 Å². The van der Waals surface area contributed by atoms with Gasteiger partial charge in [0.2, 0.25) is 0 Å².